The van der Waals surface area contributed by atoms with E-state index >= 15 is 0 Å². The lowest BCUT2D eigenvalue weighted by molar-refractivity contribution is 1.05. The topological polar surface area (TPSA) is 0 Å². The molecule has 0 nitrogen and oxygen atoms in total. The predicted molar refractivity (Wildman–Crippen MR) is 89.0 cm³/mol. The second-order valence-corrected chi connectivity index (χ2v) is 5.95. The molecule has 20 heavy (non-hydrogen) atoms. The zero-order chi connectivity index (χ0) is 13.5. The minimum Gasteiger partial charge on any atom is -0.0720 e. The fourth-order valence-electron chi connectivity index (χ4n) is 3.01. The highest BCUT2D eigenvalue weighted by Gasteiger charge is 2.21. The fraction of sp³-hybridized carbons (Fsp3) is 0.0526. The van der Waals surface area contributed by atoms with Crippen molar-refractivity contribution >= 4 is 32.8 Å². The highest BCUT2D eigenvalue weighted by Crippen LogP contribution is 2.40. The molecule has 0 N–H and O–H groups in total. The SMILES string of the molecule is Brc1c(C2C=Cc3ccccc32)ccc2ccccc12. The molecule has 1 atom stereocenters. The third-order valence-electron chi connectivity index (χ3n) is 4.03. The first kappa shape index (κ1) is 11.9. The van der Waals surface area contributed by atoms with Gasteiger partial charge in [-0.15, -0.1) is 0 Å². The molecule has 4 rings (SSSR count). The number of rotatable bonds is 1. The van der Waals surface area contributed by atoms with Gasteiger partial charge in [0.2, 0.25) is 0 Å². The maximum Gasteiger partial charge on any atom is 0.0295 e. The van der Waals surface area contributed by atoms with Crippen LogP contribution in [0, 0.1) is 0 Å². The number of hydrogen-bond acceptors (Lipinski definition) is 0. The van der Waals surface area contributed by atoms with Crippen LogP contribution in [0.4, 0.5) is 0 Å². The summed E-state index contributed by atoms with van der Waals surface area (Å²) < 4.78 is 1.21. The van der Waals surface area contributed by atoms with Crippen LogP contribution in [0.25, 0.3) is 16.8 Å². The molecule has 0 saturated carbocycles. The van der Waals surface area contributed by atoms with E-state index in [9.17, 15) is 0 Å². The molecule has 3 aromatic carbocycles. The maximum atomic E-state index is 3.81. The summed E-state index contributed by atoms with van der Waals surface area (Å²) >= 11 is 3.81. The van der Waals surface area contributed by atoms with Crippen molar-refractivity contribution in [2.75, 3.05) is 0 Å². The molecule has 1 heteroatoms. The van der Waals surface area contributed by atoms with Crippen molar-refractivity contribution in [2.45, 2.75) is 5.92 Å². The van der Waals surface area contributed by atoms with E-state index in [0.29, 0.717) is 5.92 Å². The van der Waals surface area contributed by atoms with E-state index in [1.54, 1.807) is 0 Å². The van der Waals surface area contributed by atoms with Crippen molar-refractivity contribution in [2.24, 2.45) is 0 Å². The quantitative estimate of drug-likeness (QED) is 0.534. The molecule has 96 valence electrons. The Morgan fingerprint density at radius 2 is 1.55 bits per heavy atom. The maximum absolute atomic E-state index is 3.81. The molecule has 1 aliphatic rings. The molecule has 0 aromatic heterocycles. The summed E-state index contributed by atoms with van der Waals surface area (Å²) in [6, 6.07) is 21.6. The largest absolute Gasteiger partial charge is 0.0720 e. The predicted octanol–water partition coefficient (Wildman–Crippen LogP) is 5.76. The van der Waals surface area contributed by atoms with Gasteiger partial charge in [-0.2, -0.15) is 0 Å². The standard InChI is InChI=1S/C19H13Br/c20-19-16-8-4-2-6-14(16)10-12-18(19)17-11-9-13-5-1-3-7-15(13)17/h1-12,17H. The van der Waals surface area contributed by atoms with Crippen molar-refractivity contribution < 1.29 is 0 Å². The first-order valence-corrected chi connectivity index (χ1v) is 7.58. The van der Waals surface area contributed by atoms with Gasteiger partial charge in [-0.05, 0) is 43.4 Å². The summed E-state index contributed by atoms with van der Waals surface area (Å²) in [6.07, 6.45) is 4.52. The number of halogens is 1. The van der Waals surface area contributed by atoms with Crippen molar-refractivity contribution in [1.82, 2.24) is 0 Å². The molecule has 0 saturated heterocycles. The van der Waals surface area contributed by atoms with E-state index in [4.69, 9.17) is 0 Å². The average Bonchev–Trinajstić information content (AvgIpc) is 2.92. The third kappa shape index (κ3) is 1.74. The summed E-state index contributed by atoms with van der Waals surface area (Å²) in [5.74, 6) is 0.352. The Balaban J connectivity index is 1.92. The molecule has 3 aromatic rings. The molecule has 0 amide bonds. The van der Waals surface area contributed by atoms with E-state index < -0.39 is 0 Å². The van der Waals surface area contributed by atoms with Gasteiger partial charge < -0.3 is 0 Å². The van der Waals surface area contributed by atoms with Crippen LogP contribution < -0.4 is 0 Å². The molecule has 1 unspecified atom stereocenters. The number of benzene rings is 3. The third-order valence-corrected chi connectivity index (χ3v) is 4.91. The van der Waals surface area contributed by atoms with Gasteiger partial charge in [0.05, 0.1) is 0 Å². The van der Waals surface area contributed by atoms with Crippen molar-refractivity contribution in [3.8, 4) is 0 Å². The molecule has 0 fully saturated rings. The van der Waals surface area contributed by atoms with Crippen LogP contribution in [-0.2, 0) is 0 Å². The summed E-state index contributed by atoms with van der Waals surface area (Å²) in [6.45, 7) is 0. The first-order valence-electron chi connectivity index (χ1n) is 6.79. The Bertz CT molecular complexity index is 830. The van der Waals surface area contributed by atoms with Gasteiger partial charge in [0.15, 0.2) is 0 Å². The highest BCUT2D eigenvalue weighted by atomic mass is 79.9. The van der Waals surface area contributed by atoms with Crippen LogP contribution in [0.5, 0.6) is 0 Å². The lowest BCUT2D eigenvalue weighted by atomic mass is 9.91. The normalized spacial score (nSPS) is 16.6. The van der Waals surface area contributed by atoms with Gasteiger partial charge in [-0.3, -0.25) is 0 Å². The molecule has 0 spiro atoms. The van der Waals surface area contributed by atoms with Gasteiger partial charge in [0.25, 0.3) is 0 Å². The smallest absolute Gasteiger partial charge is 0.0295 e. The zero-order valence-corrected chi connectivity index (χ0v) is 12.5. The second kappa shape index (κ2) is 4.60. The average molecular weight is 321 g/mol. The van der Waals surface area contributed by atoms with E-state index in [2.05, 4.69) is 88.7 Å². The van der Waals surface area contributed by atoms with Crippen molar-refractivity contribution in [3.63, 3.8) is 0 Å². The minimum atomic E-state index is 0.352. The Kier molecular flexibility index (Phi) is 2.75. The lowest BCUT2D eigenvalue weighted by Crippen LogP contribution is -1.97. The van der Waals surface area contributed by atoms with Crippen molar-refractivity contribution in [1.29, 1.82) is 0 Å². The summed E-state index contributed by atoms with van der Waals surface area (Å²) in [4.78, 5) is 0. The Hall–Kier alpha value is -1.86. The van der Waals surface area contributed by atoms with Crippen LogP contribution in [0.3, 0.4) is 0 Å². The number of allylic oxidation sites excluding steroid dienone is 1. The second-order valence-electron chi connectivity index (χ2n) is 5.16. The monoisotopic (exact) mass is 320 g/mol. The van der Waals surface area contributed by atoms with Gasteiger partial charge in [-0.1, -0.05) is 72.8 Å². The van der Waals surface area contributed by atoms with Gasteiger partial charge in [0, 0.05) is 10.4 Å². The van der Waals surface area contributed by atoms with Crippen LogP contribution >= 0.6 is 15.9 Å². The van der Waals surface area contributed by atoms with Crippen LogP contribution in [0.1, 0.15) is 22.6 Å². The van der Waals surface area contributed by atoms with Crippen LogP contribution in [-0.4, -0.2) is 0 Å². The van der Waals surface area contributed by atoms with Crippen LogP contribution in [0.15, 0.2) is 71.2 Å². The van der Waals surface area contributed by atoms with Gasteiger partial charge >= 0.3 is 0 Å². The molecule has 0 aliphatic heterocycles. The number of fused-ring (bicyclic) bond motifs is 2. The van der Waals surface area contributed by atoms with Gasteiger partial charge in [-0.25, -0.2) is 0 Å². The molecule has 1 aliphatic carbocycles. The molecule has 0 bridgehead atoms. The summed E-state index contributed by atoms with van der Waals surface area (Å²) in [5.41, 5.74) is 4.06. The Morgan fingerprint density at radius 1 is 0.750 bits per heavy atom. The summed E-state index contributed by atoms with van der Waals surface area (Å²) in [7, 11) is 0. The van der Waals surface area contributed by atoms with E-state index in [1.165, 1.54) is 31.9 Å². The Labute approximate surface area is 126 Å². The lowest BCUT2D eigenvalue weighted by Gasteiger charge is -2.15. The first-order chi connectivity index (χ1) is 9.84. The van der Waals surface area contributed by atoms with E-state index in [1.807, 2.05) is 0 Å². The minimum absolute atomic E-state index is 0.352. The van der Waals surface area contributed by atoms with E-state index in [0.717, 1.165) is 0 Å². The molecular weight excluding hydrogens is 308 g/mol. The Morgan fingerprint density at radius 3 is 2.50 bits per heavy atom. The summed E-state index contributed by atoms with van der Waals surface area (Å²) in [5, 5.41) is 2.56. The van der Waals surface area contributed by atoms with Gasteiger partial charge in [0.1, 0.15) is 0 Å². The van der Waals surface area contributed by atoms with E-state index in [-0.39, 0.29) is 0 Å². The highest BCUT2D eigenvalue weighted by molar-refractivity contribution is 9.10. The van der Waals surface area contributed by atoms with Crippen LogP contribution in [0.2, 0.25) is 0 Å². The van der Waals surface area contributed by atoms with Crippen molar-refractivity contribution in [3.05, 3.63) is 87.9 Å². The zero-order valence-electron chi connectivity index (χ0n) is 10.9. The molecular formula is C19H13Br. The number of hydrogen-bond donors (Lipinski definition) is 0. The molecule has 0 heterocycles. The fourth-order valence-corrected chi connectivity index (χ4v) is 3.75. The molecule has 0 radical (unpaired) electrons.